The highest BCUT2D eigenvalue weighted by atomic mass is 32.2. The molecule has 0 radical (unpaired) electrons. The Labute approximate surface area is 323 Å². The second-order valence-corrected chi connectivity index (χ2v) is 13.5. The number of rotatable bonds is 14. The fraction of sp³-hybridized carbons (Fsp3) is 0.257. The molecule has 0 atom stereocenters. The predicted octanol–water partition coefficient (Wildman–Crippen LogP) is 4.76. The number of ether oxygens (including phenoxy) is 2. The third kappa shape index (κ3) is 11.8. The van der Waals surface area contributed by atoms with Crippen molar-refractivity contribution in [2.75, 3.05) is 32.6 Å². The van der Waals surface area contributed by atoms with Gasteiger partial charge < -0.3 is 15.2 Å². The fourth-order valence-corrected chi connectivity index (χ4v) is 5.55. The van der Waals surface area contributed by atoms with Crippen LogP contribution in [0.5, 0.6) is 11.5 Å². The number of nitrogens with two attached hydrogens (primary N) is 1. The van der Waals surface area contributed by atoms with Crippen LogP contribution in [0.4, 0.5) is 26.3 Å². The summed E-state index contributed by atoms with van der Waals surface area (Å²) >= 11 is 0. The smallest absolute Gasteiger partial charge is 0.439 e. The first-order valence-corrected chi connectivity index (χ1v) is 18.4. The average molecular weight is 840 g/mol. The molecule has 0 saturated carbocycles. The molecule has 16 nitrogen and oxygen atoms in total. The Hall–Kier alpha value is -6.33. The van der Waals surface area contributed by atoms with Crippen molar-refractivity contribution in [1.82, 2.24) is 30.2 Å². The molecule has 4 N–H and O–H groups in total. The van der Waals surface area contributed by atoms with Gasteiger partial charge in [-0.05, 0) is 47.5 Å². The third-order valence-corrected chi connectivity index (χ3v) is 8.25. The largest absolute Gasteiger partial charge is 0.491 e. The summed E-state index contributed by atoms with van der Waals surface area (Å²) in [6, 6.07) is 12.3. The number of aromatic amines is 2. The molecule has 0 bridgehead atoms. The standard InChI is InChI=1S/C18H16F3N3O6S.C17H15F3N4O3/c1-31(26,27)29-9-8-28-14-6-7-22-13(15(14)16-23-17(25)30-24-16)10-11-2-4-12(5-3-11)18(19,20)21;18-17(19,20)11-3-1-10(2-4-11)9-12-14(15-23-16(25)27-24-15)13(5-7-22-12)26-8-6-21/h2-7H,8-10H2,1H3,(H,23,24,25);1-5,7H,6,8-9,21H2,(H,23,24,25). The highest BCUT2D eigenvalue weighted by Crippen LogP contribution is 2.34. The number of nitrogens with zero attached hydrogens (tertiary/aromatic N) is 4. The lowest BCUT2D eigenvalue weighted by atomic mass is 10.0. The molecule has 0 aliphatic rings. The Kier molecular flexibility index (Phi) is 13.5. The highest BCUT2D eigenvalue weighted by Gasteiger charge is 2.31. The maximum Gasteiger partial charge on any atom is 0.439 e. The quantitative estimate of drug-likeness (QED) is 0.0763. The zero-order chi connectivity index (χ0) is 42.1. The van der Waals surface area contributed by atoms with Crippen LogP contribution in [-0.2, 0) is 39.5 Å². The summed E-state index contributed by atoms with van der Waals surface area (Å²) in [5.74, 6) is -0.897. The summed E-state index contributed by atoms with van der Waals surface area (Å²) in [6.45, 7) is 0.0835. The molecule has 0 amide bonds. The molecule has 308 valence electrons. The number of benzene rings is 2. The van der Waals surface area contributed by atoms with Gasteiger partial charge in [0.1, 0.15) is 31.3 Å². The molecule has 0 saturated heterocycles. The molecular weight excluding hydrogens is 808 g/mol. The van der Waals surface area contributed by atoms with Crippen molar-refractivity contribution in [2.24, 2.45) is 5.73 Å². The zero-order valence-electron chi connectivity index (χ0n) is 29.9. The summed E-state index contributed by atoms with van der Waals surface area (Å²) < 4.78 is 123. The lowest BCUT2D eigenvalue weighted by molar-refractivity contribution is -0.138. The molecule has 23 heteroatoms. The normalized spacial score (nSPS) is 11.9. The maximum absolute atomic E-state index is 12.8. The van der Waals surface area contributed by atoms with Gasteiger partial charge >= 0.3 is 23.9 Å². The van der Waals surface area contributed by atoms with Crippen molar-refractivity contribution >= 4 is 10.1 Å². The lowest BCUT2D eigenvalue weighted by Crippen LogP contribution is -2.12. The van der Waals surface area contributed by atoms with E-state index in [2.05, 4.69) is 43.5 Å². The van der Waals surface area contributed by atoms with Gasteiger partial charge in [0.25, 0.3) is 10.1 Å². The van der Waals surface area contributed by atoms with Gasteiger partial charge in [0.05, 0.1) is 39.9 Å². The van der Waals surface area contributed by atoms with Crippen molar-refractivity contribution < 1.29 is 57.5 Å². The second-order valence-electron chi connectivity index (χ2n) is 11.9. The van der Waals surface area contributed by atoms with Crippen molar-refractivity contribution in [3.8, 4) is 34.3 Å². The molecule has 4 heterocycles. The minimum atomic E-state index is -4.45. The monoisotopic (exact) mass is 839 g/mol. The molecule has 0 aliphatic heterocycles. The van der Waals surface area contributed by atoms with Gasteiger partial charge in [-0.2, -0.15) is 34.8 Å². The van der Waals surface area contributed by atoms with Crippen LogP contribution in [0.1, 0.15) is 33.6 Å². The molecule has 0 fully saturated rings. The van der Waals surface area contributed by atoms with E-state index in [4.69, 9.17) is 15.2 Å². The first-order chi connectivity index (χ1) is 27.4. The molecule has 0 unspecified atom stereocenters. The number of halogens is 6. The van der Waals surface area contributed by atoms with Crippen LogP contribution in [0.3, 0.4) is 0 Å². The van der Waals surface area contributed by atoms with Crippen molar-refractivity contribution in [3.63, 3.8) is 0 Å². The van der Waals surface area contributed by atoms with E-state index in [-0.39, 0.29) is 62.2 Å². The van der Waals surface area contributed by atoms with Gasteiger partial charge in [-0.25, -0.2) is 9.59 Å². The van der Waals surface area contributed by atoms with Crippen LogP contribution in [-0.4, -0.2) is 71.3 Å². The Morgan fingerprint density at radius 3 is 1.41 bits per heavy atom. The Balaban J connectivity index is 0.000000223. The van der Waals surface area contributed by atoms with Crippen LogP contribution in [0, 0.1) is 0 Å². The van der Waals surface area contributed by atoms with Gasteiger partial charge in [0.2, 0.25) is 0 Å². The van der Waals surface area contributed by atoms with E-state index >= 15 is 0 Å². The van der Waals surface area contributed by atoms with E-state index in [0.29, 0.717) is 33.8 Å². The summed E-state index contributed by atoms with van der Waals surface area (Å²) in [5, 5.41) is 7.28. The van der Waals surface area contributed by atoms with Crippen LogP contribution in [0.15, 0.2) is 91.7 Å². The Morgan fingerprint density at radius 1 is 0.655 bits per heavy atom. The molecule has 0 aliphatic carbocycles. The zero-order valence-corrected chi connectivity index (χ0v) is 30.7. The van der Waals surface area contributed by atoms with E-state index in [0.717, 1.165) is 30.5 Å². The molecule has 6 aromatic rings. The van der Waals surface area contributed by atoms with Gasteiger partial charge in [-0.3, -0.25) is 33.2 Å². The number of pyridine rings is 2. The second kappa shape index (κ2) is 18.3. The highest BCUT2D eigenvalue weighted by molar-refractivity contribution is 7.85. The number of alkyl halides is 6. The lowest BCUT2D eigenvalue weighted by Gasteiger charge is -2.13. The molecule has 2 aromatic carbocycles. The van der Waals surface area contributed by atoms with E-state index in [1.54, 1.807) is 6.07 Å². The van der Waals surface area contributed by atoms with Crippen molar-refractivity contribution in [2.45, 2.75) is 25.2 Å². The topological polar surface area (TPSA) is 231 Å². The number of nitrogens with one attached hydrogen (secondary N) is 2. The molecule has 0 spiro atoms. The molecule has 58 heavy (non-hydrogen) atoms. The average Bonchev–Trinajstić information content (AvgIpc) is 3.79. The fourth-order valence-electron chi connectivity index (χ4n) is 5.18. The van der Waals surface area contributed by atoms with E-state index < -0.39 is 45.1 Å². The minimum absolute atomic E-state index is 0.000886. The summed E-state index contributed by atoms with van der Waals surface area (Å²) in [5.41, 5.74) is 6.47. The van der Waals surface area contributed by atoms with Crippen LogP contribution in [0.25, 0.3) is 22.8 Å². The summed E-state index contributed by atoms with van der Waals surface area (Å²) in [4.78, 5) is 36.0. The molecule has 6 rings (SSSR count). The first kappa shape index (κ1) is 42.8. The number of hydrogen-bond donors (Lipinski definition) is 3. The van der Waals surface area contributed by atoms with Gasteiger partial charge in [-0.15, -0.1) is 0 Å². The number of hydrogen-bond acceptors (Lipinski definition) is 14. The predicted molar refractivity (Wildman–Crippen MR) is 190 cm³/mol. The Morgan fingerprint density at radius 2 is 1.07 bits per heavy atom. The minimum Gasteiger partial charge on any atom is -0.491 e. The van der Waals surface area contributed by atoms with Gasteiger partial charge in [0, 0.05) is 31.8 Å². The van der Waals surface area contributed by atoms with Crippen molar-refractivity contribution in [1.29, 1.82) is 0 Å². The number of H-pyrrole nitrogens is 2. The van der Waals surface area contributed by atoms with Crippen molar-refractivity contribution in [3.05, 3.63) is 128 Å². The van der Waals surface area contributed by atoms with E-state index in [9.17, 15) is 44.3 Å². The van der Waals surface area contributed by atoms with Crippen LogP contribution in [0.2, 0.25) is 0 Å². The summed E-state index contributed by atoms with van der Waals surface area (Å²) in [6.07, 6.45) is -4.78. The van der Waals surface area contributed by atoms with Gasteiger partial charge in [-0.1, -0.05) is 34.6 Å². The SMILES string of the molecule is CS(=O)(=O)OCCOc1ccnc(Cc2ccc(C(F)(F)F)cc2)c1-c1noc(=O)[nH]1.NCCOc1ccnc(Cc2ccc(C(F)(F)F)cc2)c1-c1noc(=O)[nH]1. The molecule has 4 aromatic heterocycles. The Bertz CT molecular complexity index is 2520. The van der Waals surface area contributed by atoms with E-state index in [1.807, 2.05) is 0 Å². The van der Waals surface area contributed by atoms with Crippen LogP contribution >= 0.6 is 0 Å². The van der Waals surface area contributed by atoms with E-state index in [1.165, 1.54) is 42.7 Å². The third-order valence-electron chi connectivity index (χ3n) is 7.66. The maximum atomic E-state index is 12.8. The van der Waals surface area contributed by atoms with Crippen LogP contribution < -0.4 is 26.7 Å². The van der Waals surface area contributed by atoms with Gasteiger partial charge in [0.15, 0.2) is 11.6 Å². The molecular formula is C35H31F6N7O9S. The first-order valence-electron chi connectivity index (χ1n) is 16.6. The number of aromatic nitrogens is 6. The summed E-state index contributed by atoms with van der Waals surface area (Å²) in [7, 11) is -3.65.